The highest BCUT2D eigenvalue weighted by molar-refractivity contribution is 7.14. The number of alkyl halides is 3. The molecule has 0 unspecified atom stereocenters. The summed E-state index contributed by atoms with van der Waals surface area (Å²) in [6.07, 6.45) is -4.98. The van der Waals surface area contributed by atoms with Gasteiger partial charge in [-0.3, -0.25) is 4.79 Å². The quantitative estimate of drug-likeness (QED) is 0.875. The maximum atomic E-state index is 13.3. The summed E-state index contributed by atoms with van der Waals surface area (Å²) in [6, 6.07) is 3.02. The van der Waals surface area contributed by atoms with Gasteiger partial charge in [-0.05, 0) is 18.2 Å². The lowest BCUT2D eigenvalue weighted by atomic mass is 10.1. The molecule has 0 atom stereocenters. The monoisotopic (exact) mass is 320 g/mol. The summed E-state index contributed by atoms with van der Waals surface area (Å²) in [4.78, 5) is 14.9. The second kappa shape index (κ2) is 5.68. The molecular weight excluding hydrogens is 312 g/mol. The first kappa shape index (κ1) is 15.2. The molecule has 1 aromatic carbocycles. The number of aromatic nitrogens is 1. The predicted octanol–water partition coefficient (Wildman–Crippen LogP) is 3.81. The summed E-state index contributed by atoms with van der Waals surface area (Å²) in [5.41, 5.74) is 0.541. The maximum Gasteiger partial charge on any atom is 0.573 e. The third kappa shape index (κ3) is 4.15. The van der Waals surface area contributed by atoms with Gasteiger partial charge in [-0.15, -0.1) is 24.5 Å². The third-order valence-electron chi connectivity index (χ3n) is 2.24. The number of hydrogen-bond donors (Lipinski definition) is 1. The molecule has 0 radical (unpaired) electrons. The Morgan fingerprint density at radius 1 is 1.38 bits per heavy atom. The molecule has 0 aliphatic carbocycles. The third-order valence-corrected chi connectivity index (χ3v) is 3.00. The summed E-state index contributed by atoms with van der Waals surface area (Å²) in [7, 11) is 0. The molecule has 0 spiro atoms. The first-order chi connectivity index (χ1) is 9.74. The summed E-state index contributed by atoms with van der Waals surface area (Å²) in [5.74, 6) is -2.39. The molecule has 1 amide bonds. The summed E-state index contributed by atoms with van der Waals surface area (Å²) in [5, 5.41) is 4.26. The van der Waals surface area contributed by atoms with E-state index in [1.807, 2.05) is 0 Å². The molecule has 4 nitrogen and oxygen atoms in total. The van der Waals surface area contributed by atoms with E-state index in [2.05, 4.69) is 15.0 Å². The molecular formula is C12H8F4N2O2S. The highest BCUT2D eigenvalue weighted by atomic mass is 32.1. The van der Waals surface area contributed by atoms with Crippen LogP contribution in [0.15, 0.2) is 23.6 Å². The van der Waals surface area contributed by atoms with Gasteiger partial charge >= 0.3 is 6.36 Å². The van der Waals surface area contributed by atoms with Crippen molar-refractivity contribution in [2.24, 2.45) is 0 Å². The number of halogens is 4. The molecule has 9 heteroatoms. The van der Waals surface area contributed by atoms with Crippen LogP contribution >= 0.6 is 11.3 Å². The Bertz CT molecular complexity index is 670. The van der Waals surface area contributed by atoms with Gasteiger partial charge in [0.15, 0.2) is 16.7 Å². The van der Waals surface area contributed by atoms with Crippen molar-refractivity contribution in [3.63, 3.8) is 0 Å². The lowest BCUT2D eigenvalue weighted by molar-refractivity contribution is -0.275. The zero-order chi connectivity index (χ0) is 15.6. The zero-order valence-electron chi connectivity index (χ0n) is 10.5. The Balaban J connectivity index is 2.30. The molecule has 0 aliphatic heterocycles. The van der Waals surface area contributed by atoms with E-state index in [9.17, 15) is 22.4 Å². The maximum absolute atomic E-state index is 13.3. The minimum absolute atomic E-state index is 0.239. The number of amides is 1. The van der Waals surface area contributed by atoms with Crippen LogP contribution in [0.25, 0.3) is 11.3 Å². The van der Waals surface area contributed by atoms with Gasteiger partial charge in [-0.2, -0.15) is 0 Å². The van der Waals surface area contributed by atoms with E-state index in [0.29, 0.717) is 10.8 Å². The number of benzene rings is 1. The number of ether oxygens (including phenoxy) is 1. The summed E-state index contributed by atoms with van der Waals surface area (Å²) >= 11 is 1.10. The number of anilines is 1. The van der Waals surface area contributed by atoms with Crippen molar-refractivity contribution in [1.29, 1.82) is 0 Å². The molecule has 2 rings (SSSR count). The van der Waals surface area contributed by atoms with Gasteiger partial charge in [0, 0.05) is 17.9 Å². The van der Waals surface area contributed by atoms with Crippen molar-refractivity contribution < 1.29 is 27.1 Å². The molecule has 2 aromatic rings. The van der Waals surface area contributed by atoms with Crippen LogP contribution in [0.2, 0.25) is 0 Å². The number of carbonyl (C=O) groups is 1. The fourth-order valence-electron chi connectivity index (χ4n) is 1.48. The van der Waals surface area contributed by atoms with Crippen LogP contribution in [-0.4, -0.2) is 17.3 Å². The average Bonchev–Trinajstić information content (AvgIpc) is 2.78. The van der Waals surface area contributed by atoms with Gasteiger partial charge in [-0.1, -0.05) is 0 Å². The molecule has 21 heavy (non-hydrogen) atoms. The predicted molar refractivity (Wildman–Crippen MR) is 68.5 cm³/mol. The van der Waals surface area contributed by atoms with Gasteiger partial charge in [0.2, 0.25) is 5.91 Å². The molecule has 1 aromatic heterocycles. The Morgan fingerprint density at radius 2 is 2.10 bits per heavy atom. The van der Waals surface area contributed by atoms with Gasteiger partial charge in [0.1, 0.15) is 0 Å². The number of thiazole rings is 1. The molecule has 1 heterocycles. The van der Waals surface area contributed by atoms with E-state index in [1.54, 1.807) is 0 Å². The summed E-state index contributed by atoms with van der Waals surface area (Å²) in [6.45, 7) is 1.30. The lowest BCUT2D eigenvalue weighted by Gasteiger charge is -2.10. The number of nitrogens with zero attached hydrogens (tertiary/aromatic N) is 1. The fraction of sp³-hybridized carbons (Fsp3) is 0.167. The molecule has 1 N–H and O–H groups in total. The zero-order valence-corrected chi connectivity index (χ0v) is 11.3. The van der Waals surface area contributed by atoms with Crippen molar-refractivity contribution in [2.45, 2.75) is 13.3 Å². The van der Waals surface area contributed by atoms with Crippen LogP contribution in [0.1, 0.15) is 6.92 Å². The van der Waals surface area contributed by atoms with E-state index in [-0.39, 0.29) is 11.5 Å². The molecule has 0 saturated heterocycles. The second-order valence-corrected chi connectivity index (χ2v) is 4.77. The normalized spacial score (nSPS) is 11.3. The van der Waals surface area contributed by atoms with Crippen LogP contribution in [0.3, 0.4) is 0 Å². The second-order valence-electron chi connectivity index (χ2n) is 3.91. The number of carbonyl (C=O) groups excluding carboxylic acids is 1. The van der Waals surface area contributed by atoms with Crippen LogP contribution in [0.5, 0.6) is 5.75 Å². The topological polar surface area (TPSA) is 51.2 Å². The standard InChI is InChI=1S/C12H8F4N2O2S/c1-6(19)17-11-18-9(5-21-11)7-2-3-8(13)10(4-7)20-12(14,15)16/h2-5H,1H3,(H,17,18,19). The van der Waals surface area contributed by atoms with Crippen LogP contribution in [0, 0.1) is 5.82 Å². The molecule has 0 bridgehead atoms. The van der Waals surface area contributed by atoms with Crippen molar-refractivity contribution in [2.75, 3.05) is 5.32 Å². The number of nitrogens with one attached hydrogen (secondary N) is 1. The van der Waals surface area contributed by atoms with Gasteiger partial charge in [0.25, 0.3) is 0 Å². The SMILES string of the molecule is CC(=O)Nc1nc(-c2ccc(F)c(OC(F)(F)F)c2)cs1. The first-order valence-corrected chi connectivity index (χ1v) is 6.41. The van der Waals surface area contributed by atoms with Crippen LogP contribution < -0.4 is 10.1 Å². The minimum Gasteiger partial charge on any atom is -0.403 e. The van der Waals surface area contributed by atoms with E-state index in [1.165, 1.54) is 18.4 Å². The summed E-state index contributed by atoms with van der Waals surface area (Å²) < 4.78 is 53.3. The van der Waals surface area contributed by atoms with Crippen molar-refractivity contribution in [1.82, 2.24) is 4.98 Å². The van der Waals surface area contributed by atoms with E-state index < -0.39 is 17.9 Å². The van der Waals surface area contributed by atoms with Gasteiger partial charge < -0.3 is 10.1 Å². The fourth-order valence-corrected chi connectivity index (χ4v) is 2.25. The van der Waals surface area contributed by atoms with E-state index >= 15 is 0 Å². The van der Waals surface area contributed by atoms with E-state index in [0.717, 1.165) is 23.5 Å². The smallest absolute Gasteiger partial charge is 0.403 e. The minimum atomic E-state index is -4.98. The van der Waals surface area contributed by atoms with Crippen LogP contribution in [0.4, 0.5) is 22.7 Å². The molecule has 0 fully saturated rings. The Morgan fingerprint density at radius 3 is 2.71 bits per heavy atom. The average molecular weight is 320 g/mol. The van der Waals surface area contributed by atoms with Crippen molar-refractivity contribution in [3.05, 3.63) is 29.4 Å². The highest BCUT2D eigenvalue weighted by Gasteiger charge is 2.32. The van der Waals surface area contributed by atoms with Gasteiger partial charge in [-0.25, -0.2) is 9.37 Å². The molecule has 0 saturated carbocycles. The largest absolute Gasteiger partial charge is 0.573 e. The van der Waals surface area contributed by atoms with E-state index in [4.69, 9.17) is 0 Å². The Labute approximate surface area is 120 Å². The molecule has 112 valence electrons. The number of hydrogen-bond acceptors (Lipinski definition) is 4. The van der Waals surface area contributed by atoms with Crippen molar-refractivity contribution in [3.8, 4) is 17.0 Å². The van der Waals surface area contributed by atoms with Crippen LogP contribution in [-0.2, 0) is 4.79 Å². The molecule has 0 aliphatic rings. The first-order valence-electron chi connectivity index (χ1n) is 5.53. The van der Waals surface area contributed by atoms with Crippen molar-refractivity contribution >= 4 is 22.4 Å². The number of rotatable bonds is 3. The lowest BCUT2D eigenvalue weighted by Crippen LogP contribution is -2.18. The van der Waals surface area contributed by atoms with Gasteiger partial charge in [0.05, 0.1) is 5.69 Å². The highest BCUT2D eigenvalue weighted by Crippen LogP contribution is 2.31. The Hall–Kier alpha value is -2.16. The Kier molecular flexibility index (Phi) is 4.12.